The van der Waals surface area contributed by atoms with Crippen LogP contribution in [0.25, 0.3) is 0 Å². The van der Waals surface area contributed by atoms with Crippen LogP contribution in [0.4, 0.5) is 0 Å². The second-order valence-corrected chi connectivity index (χ2v) is 4.60. The maximum Gasteiger partial charge on any atom is 0.328 e. The van der Waals surface area contributed by atoms with Crippen molar-refractivity contribution in [3.63, 3.8) is 0 Å². The fourth-order valence-electron chi connectivity index (χ4n) is 2.23. The third-order valence-electron chi connectivity index (χ3n) is 3.62. The number of piperidine rings is 1. The molecule has 0 aromatic rings. The van der Waals surface area contributed by atoms with Gasteiger partial charge in [0.25, 0.3) is 0 Å². The summed E-state index contributed by atoms with van der Waals surface area (Å²) in [5, 5.41) is 6.00. The number of hydrogen-bond acceptors (Lipinski definition) is 4. The molecule has 5 heteroatoms. The van der Waals surface area contributed by atoms with E-state index in [0.717, 1.165) is 32.4 Å². The molecule has 0 radical (unpaired) electrons. The molecule has 0 spiro atoms. The van der Waals surface area contributed by atoms with Crippen molar-refractivity contribution in [1.82, 2.24) is 10.6 Å². The number of carbonyl (C=O) groups excluding carboxylic acids is 2. The van der Waals surface area contributed by atoms with E-state index in [2.05, 4.69) is 15.4 Å². The van der Waals surface area contributed by atoms with E-state index in [4.69, 9.17) is 0 Å². The minimum Gasteiger partial charge on any atom is -0.467 e. The maximum atomic E-state index is 12.2. The number of ether oxygens (including phenoxy) is 1. The van der Waals surface area contributed by atoms with Crippen LogP contribution in [0.15, 0.2) is 0 Å². The van der Waals surface area contributed by atoms with Crippen LogP contribution in [0, 0.1) is 5.41 Å². The molecule has 0 aromatic heterocycles. The predicted molar refractivity (Wildman–Crippen MR) is 64.4 cm³/mol. The number of esters is 1. The number of hydrogen-bond donors (Lipinski definition) is 2. The van der Waals surface area contributed by atoms with Gasteiger partial charge in [-0.3, -0.25) is 4.79 Å². The Morgan fingerprint density at radius 1 is 1.41 bits per heavy atom. The van der Waals surface area contributed by atoms with Gasteiger partial charge < -0.3 is 15.4 Å². The standard InChI is InChI=1S/C12H22N2O3/c1-4-12(5-7-13-8-6-12)11(16)14-9(2)10(15)17-3/h9,13H,4-8H2,1-3H3,(H,14,16). The van der Waals surface area contributed by atoms with E-state index in [-0.39, 0.29) is 11.3 Å². The zero-order chi connectivity index (χ0) is 12.9. The third-order valence-corrected chi connectivity index (χ3v) is 3.62. The zero-order valence-electron chi connectivity index (χ0n) is 10.8. The van der Waals surface area contributed by atoms with Crippen LogP contribution in [0.3, 0.4) is 0 Å². The largest absolute Gasteiger partial charge is 0.467 e. The summed E-state index contributed by atoms with van der Waals surface area (Å²) in [7, 11) is 1.32. The third kappa shape index (κ3) is 3.19. The highest BCUT2D eigenvalue weighted by molar-refractivity contribution is 5.87. The Morgan fingerprint density at radius 3 is 2.47 bits per heavy atom. The van der Waals surface area contributed by atoms with Gasteiger partial charge in [0.15, 0.2) is 0 Å². The summed E-state index contributed by atoms with van der Waals surface area (Å²) in [6, 6.07) is -0.578. The molecule has 17 heavy (non-hydrogen) atoms. The lowest BCUT2D eigenvalue weighted by molar-refractivity contribution is -0.146. The Hall–Kier alpha value is -1.10. The van der Waals surface area contributed by atoms with E-state index in [1.165, 1.54) is 7.11 Å². The van der Waals surface area contributed by atoms with Crippen LogP contribution in [0.2, 0.25) is 0 Å². The van der Waals surface area contributed by atoms with Crippen molar-refractivity contribution in [2.24, 2.45) is 5.41 Å². The van der Waals surface area contributed by atoms with Gasteiger partial charge in [-0.15, -0.1) is 0 Å². The SMILES string of the molecule is CCC1(C(=O)NC(C)C(=O)OC)CCNCC1. The predicted octanol–water partition coefficient (Wildman–Crippen LogP) is 0.444. The van der Waals surface area contributed by atoms with Crippen LogP contribution in [0.1, 0.15) is 33.1 Å². The monoisotopic (exact) mass is 242 g/mol. The van der Waals surface area contributed by atoms with E-state index in [0.29, 0.717) is 0 Å². The van der Waals surface area contributed by atoms with Gasteiger partial charge in [-0.1, -0.05) is 6.92 Å². The molecule has 1 aliphatic heterocycles. The first-order valence-corrected chi connectivity index (χ1v) is 6.15. The van der Waals surface area contributed by atoms with Gasteiger partial charge in [0, 0.05) is 0 Å². The summed E-state index contributed by atoms with van der Waals surface area (Å²) in [5.74, 6) is -0.432. The lowest BCUT2D eigenvalue weighted by Gasteiger charge is -2.35. The highest BCUT2D eigenvalue weighted by Gasteiger charge is 2.38. The summed E-state index contributed by atoms with van der Waals surface area (Å²) in [5.41, 5.74) is -0.326. The van der Waals surface area contributed by atoms with Crippen LogP contribution in [-0.4, -0.2) is 38.1 Å². The van der Waals surface area contributed by atoms with Crippen molar-refractivity contribution >= 4 is 11.9 Å². The second kappa shape index (κ2) is 6.00. The smallest absolute Gasteiger partial charge is 0.328 e. The van der Waals surface area contributed by atoms with Gasteiger partial charge >= 0.3 is 5.97 Å². The molecule has 1 rings (SSSR count). The summed E-state index contributed by atoms with van der Waals surface area (Å²) < 4.78 is 4.60. The molecule has 1 fully saturated rings. The molecule has 1 unspecified atom stereocenters. The highest BCUT2D eigenvalue weighted by Crippen LogP contribution is 2.32. The van der Waals surface area contributed by atoms with E-state index in [9.17, 15) is 9.59 Å². The molecular weight excluding hydrogens is 220 g/mol. The van der Waals surface area contributed by atoms with Crippen molar-refractivity contribution in [3.8, 4) is 0 Å². The molecule has 0 bridgehead atoms. The number of methoxy groups -OCH3 is 1. The Morgan fingerprint density at radius 2 is 2.00 bits per heavy atom. The fraction of sp³-hybridized carbons (Fsp3) is 0.833. The van der Waals surface area contributed by atoms with Gasteiger partial charge in [-0.05, 0) is 39.3 Å². The van der Waals surface area contributed by atoms with Gasteiger partial charge in [0.2, 0.25) is 5.91 Å². The van der Waals surface area contributed by atoms with Crippen molar-refractivity contribution in [1.29, 1.82) is 0 Å². The van der Waals surface area contributed by atoms with Crippen LogP contribution in [-0.2, 0) is 14.3 Å². The lowest BCUT2D eigenvalue weighted by atomic mass is 9.75. The maximum absolute atomic E-state index is 12.2. The average molecular weight is 242 g/mol. The van der Waals surface area contributed by atoms with Crippen LogP contribution in [0.5, 0.6) is 0 Å². The van der Waals surface area contributed by atoms with Crippen molar-refractivity contribution in [3.05, 3.63) is 0 Å². The Balaban J connectivity index is 2.63. The van der Waals surface area contributed by atoms with Crippen LogP contribution >= 0.6 is 0 Å². The first kappa shape index (κ1) is 14.0. The molecule has 0 aliphatic carbocycles. The van der Waals surface area contributed by atoms with Gasteiger partial charge in [0.05, 0.1) is 12.5 Å². The molecule has 0 saturated carbocycles. The topological polar surface area (TPSA) is 67.4 Å². The van der Waals surface area contributed by atoms with Gasteiger partial charge in [-0.25, -0.2) is 4.79 Å². The molecule has 1 aliphatic rings. The van der Waals surface area contributed by atoms with Crippen molar-refractivity contribution in [2.75, 3.05) is 20.2 Å². The Labute approximate surface area is 102 Å². The second-order valence-electron chi connectivity index (χ2n) is 4.60. The minimum atomic E-state index is -0.578. The molecule has 5 nitrogen and oxygen atoms in total. The lowest BCUT2D eigenvalue weighted by Crippen LogP contribution is -2.51. The summed E-state index contributed by atoms with van der Waals surface area (Å²) in [6.07, 6.45) is 2.45. The van der Waals surface area contributed by atoms with Crippen LogP contribution < -0.4 is 10.6 Å². The van der Waals surface area contributed by atoms with E-state index < -0.39 is 12.0 Å². The van der Waals surface area contributed by atoms with Gasteiger partial charge in [0.1, 0.15) is 6.04 Å². The molecule has 0 aromatic carbocycles. The molecule has 1 saturated heterocycles. The average Bonchev–Trinajstić information content (AvgIpc) is 2.38. The zero-order valence-corrected chi connectivity index (χ0v) is 10.8. The normalized spacial score (nSPS) is 20.4. The molecule has 1 atom stereocenters. The number of nitrogens with one attached hydrogen (secondary N) is 2. The first-order valence-electron chi connectivity index (χ1n) is 6.15. The van der Waals surface area contributed by atoms with E-state index in [1.54, 1.807) is 6.92 Å². The van der Waals surface area contributed by atoms with Crippen molar-refractivity contribution < 1.29 is 14.3 Å². The number of rotatable bonds is 4. The fourth-order valence-corrected chi connectivity index (χ4v) is 2.23. The molecule has 2 N–H and O–H groups in total. The van der Waals surface area contributed by atoms with Gasteiger partial charge in [-0.2, -0.15) is 0 Å². The molecular formula is C12H22N2O3. The molecule has 1 heterocycles. The number of amides is 1. The quantitative estimate of drug-likeness (QED) is 0.702. The molecule has 98 valence electrons. The molecule has 1 amide bonds. The van der Waals surface area contributed by atoms with Crippen molar-refractivity contribution in [2.45, 2.75) is 39.2 Å². The summed E-state index contributed by atoms with van der Waals surface area (Å²) in [4.78, 5) is 23.5. The Bertz CT molecular complexity index is 285. The van der Waals surface area contributed by atoms with E-state index in [1.807, 2.05) is 6.92 Å². The van der Waals surface area contributed by atoms with E-state index >= 15 is 0 Å². The summed E-state index contributed by atoms with van der Waals surface area (Å²) >= 11 is 0. The first-order chi connectivity index (χ1) is 8.05. The highest BCUT2D eigenvalue weighted by atomic mass is 16.5. The Kier molecular flexibility index (Phi) is 4.93. The number of carbonyl (C=O) groups is 2. The summed E-state index contributed by atoms with van der Waals surface area (Å²) in [6.45, 7) is 5.38. The minimum absolute atomic E-state index is 0.0283.